The molecule has 0 amide bonds. The molecule has 1 aromatic rings. The number of rotatable bonds is 5. The van der Waals surface area contributed by atoms with Crippen LogP contribution < -0.4 is 0 Å². The molecular formula is C8H17N5O2S. The van der Waals surface area contributed by atoms with Crippen LogP contribution >= 0.6 is 0 Å². The molecule has 1 heterocycles. The van der Waals surface area contributed by atoms with E-state index in [2.05, 4.69) is 15.2 Å². The Labute approximate surface area is 95.7 Å². The predicted octanol–water partition coefficient (Wildman–Crippen LogP) is -0.179. The molecule has 0 saturated heterocycles. The fraction of sp³-hybridized carbons (Fsp3) is 0.750. The number of hydrogen-bond acceptors (Lipinski definition) is 4. The largest absolute Gasteiger partial charge is 0.282 e. The van der Waals surface area contributed by atoms with E-state index in [1.54, 1.807) is 7.05 Å². The lowest BCUT2D eigenvalue weighted by Crippen LogP contribution is -2.42. The van der Waals surface area contributed by atoms with Crippen LogP contribution in [0.15, 0.2) is 6.33 Å². The van der Waals surface area contributed by atoms with Gasteiger partial charge in [0, 0.05) is 20.1 Å². The second-order valence-corrected chi connectivity index (χ2v) is 5.90. The normalized spacial score (nSPS) is 12.9. The lowest BCUT2D eigenvalue weighted by Gasteiger charge is -2.26. The molecule has 0 aliphatic rings. The highest BCUT2D eigenvalue weighted by Crippen LogP contribution is 2.09. The van der Waals surface area contributed by atoms with E-state index in [4.69, 9.17) is 0 Å². The van der Waals surface area contributed by atoms with Crippen molar-refractivity contribution in [1.82, 2.24) is 23.8 Å². The first-order valence-electron chi connectivity index (χ1n) is 4.89. The van der Waals surface area contributed by atoms with Gasteiger partial charge in [-0.2, -0.15) is 22.1 Å². The van der Waals surface area contributed by atoms with Crippen molar-refractivity contribution in [2.45, 2.75) is 26.4 Å². The summed E-state index contributed by atoms with van der Waals surface area (Å²) in [6.07, 6.45) is 1.35. The highest BCUT2D eigenvalue weighted by atomic mass is 32.2. The van der Waals surface area contributed by atoms with E-state index in [1.807, 2.05) is 13.8 Å². The quantitative estimate of drug-likeness (QED) is 0.782. The Morgan fingerprint density at radius 2 is 2.06 bits per heavy atom. The van der Waals surface area contributed by atoms with Gasteiger partial charge < -0.3 is 0 Å². The zero-order valence-corrected chi connectivity index (χ0v) is 10.7. The third kappa shape index (κ3) is 2.77. The maximum absolute atomic E-state index is 12.0. The molecule has 0 radical (unpaired) electrons. The fourth-order valence-electron chi connectivity index (χ4n) is 1.09. The summed E-state index contributed by atoms with van der Waals surface area (Å²) >= 11 is 0. The van der Waals surface area contributed by atoms with Crippen LogP contribution in [0.1, 0.15) is 19.7 Å². The number of hydrogen-bond donors (Lipinski definition) is 1. The standard InChI is InChI=1S/C8H17N5O2S/c1-7(2)13(4)16(14,15)12(3)5-8-9-6-10-11-8/h6-7H,5H2,1-4H3,(H,9,10,11). The second-order valence-electron chi connectivity index (χ2n) is 3.81. The first-order chi connectivity index (χ1) is 7.35. The van der Waals surface area contributed by atoms with Crippen LogP contribution in [0, 0.1) is 0 Å². The highest BCUT2D eigenvalue weighted by molar-refractivity contribution is 7.86. The Morgan fingerprint density at radius 1 is 1.44 bits per heavy atom. The number of nitrogens with zero attached hydrogens (tertiary/aromatic N) is 4. The Hall–Kier alpha value is -0.990. The van der Waals surface area contributed by atoms with Gasteiger partial charge in [-0.1, -0.05) is 0 Å². The molecule has 0 atom stereocenters. The molecule has 0 unspecified atom stereocenters. The van der Waals surface area contributed by atoms with Crippen LogP contribution in [-0.2, 0) is 16.8 Å². The lowest BCUT2D eigenvalue weighted by atomic mass is 10.4. The number of aromatic nitrogens is 3. The molecule has 16 heavy (non-hydrogen) atoms. The van der Waals surface area contributed by atoms with Crippen molar-refractivity contribution in [1.29, 1.82) is 0 Å². The molecule has 1 rings (SSSR count). The molecule has 1 aromatic heterocycles. The average molecular weight is 247 g/mol. The minimum absolute atomic E-state index is 0.0813. The van der Waals surface area contributed by atoms with Crippen molar-refractivity contribution < 1.29 is 8.42 Å². The smallest absolute Gasteiger partial charge is 0.262 e. The van der Waals surface area contributed by atoms with Crippen LogP contribution in [-0.4, -0.2) is 52.3 Å². The van der Waals surface area contributed by atoms with Crippen LogP contribution in [0.4, 0.5) is 0 Å². The second kappa shape index (κ2) is 4.89. The molecule has 0 saturated carbocycles. The van der Waals surface area contributed by atoms with E-state index >= 15 is 0 Å². The zero-order chi connectivity index (χ0) is 12.3. The van der Waals surface area contributed by atoms with Gasteiger partial charge in [0.15, 0.2) is 0 Å². The fourth-order valence-corrected chi connectivity index (χ4v) is 2.34. The Kier molecular flexibility index (Phi) is 4.00. The van der Waals surface area contributed by atoms with Crippen molar-refractivity contribution >= 4 is 10.2 Å². The topological polar surface area (TPSA) is 82.2 Å². The number of H-pyrrole nitrogens is 1. The molecular weight excluding hydrogens is 230 g/mol. The van der Waals surface area contributed by atoms with E-state index in [1.165, 1.54) is 22.0 Å². The van der Waals surface area contributed by atoms with E-state index in [0.29, 0.717) is 5.82 Å². The number of aromatic amines is 1. The summed E-state index contributed by atoms with van der Waals surface area (Å²) in [4.78, 5) is 3.88. The maximum Gasteiger partial charge on any atom is 0.282 e. The molecule has 7 nitrogen and oxygen atoms in total. The molecule has 0 aliphatic carbocycles. The highest BCUT2D eigenvalue weighted by Gasteiger charge is 2.26. The Bertz CT molecular complexity index is 414. The van der Waals surface area contributed by atoms with Crippen molar-refractivity contribution in [3.63, 3.8) is 0 Å². The molecule has 0 spiro atoms. The van der Waals surface area contributed by atoms with Gasteiger partial charge in [0.25, 0.3) is 10.2 Å². The summed E-state index contributed by atoms with van der Waals surface area (Å²) in [6, 6.07) is -0.0813. The minimum atomic E-state index is -3.44. The van der Waals surface area contributed by atoms with Crippen molar-refractivity contribution in [2.24, 2.45) is 0 Å². The zero-order valence-electron chi connectivity index (χ0n) is 9.88. The summed E-state index contributed by atoms with van der Waals surface area (Å²) in [5.41, 5.74) is 0. The van der Waals surface area contributed by atoms with Gasteiger partial charge in [-0.3, -0.25) is 5.10 Å². The third-order valence-electron chi connectivity index (χ3n) is 2.32. The van der Waals surface area contributed by atoms with Crippen LogP contribution in [0.25, 0.3) is 0 Å². The minimum Gasteiger partial charge on any atom is -0.262 e. The van der Waals surface area contributed by atoms with Gasteiger partial charge in [-0.05, 0) is 13.8 Å². The monoisotopic (exact) mass is 247 g/mol. The first-order valence-corrected chi connectivity index (χ1v) is 6.29. The van der Waals surface area contributed by atoms with Crippen molar-refractivity contribution in [3.8, 4) is 0 Å². The van der Waals surface area contributed by atoms with Crippen molar-refractivity contribution in [2.75, 3.05) is 14.1 Å². The molecule has 0 aromatic carbocycles. The van der Waals surface area contributed by atoms with Crippen LogP contribution in [0.3, 0.4) is 0 Å². The molecule has 8 heteroatoms. The van der Waals surface area contributed by atoms with Gasteiger partial charge in [-0.25, -0.2) is 4.98 Å². The van der Waals surface area contributed by atoms with E-state index < -0.39 is 10.2 Å². The first kappa shape index (κ1) is 13.1. The predicted molar refractivity (Wildman–Crippen MR) is 59.7 cm³/mol. The van der Waals surface area contributed by atoms with Crippen molar-refractivity contribution in [3.05, 3.63) is 12.2 Å². The SMILES string of the molecule is CC(C)N(C)S(=O)(=O)N(C)Cc1ncn[nH]1. The van der Waals surface area contributed by atoms with Crippen LogP contribution in [0.5, 0.6) is 0 Å². The maximum atomic E-state index is 12.0. The third-order valence-corrected chi connectivity index (χ3v) is 4.39. The molecule has 0 bridgehead atoms. The van der Waals surface area contributed by atoms with E-state index in [0.717, 1.165) is 0 Å². The Morgan fingerprint density at radius 3 is 2.50 bits per heavy atom. The van der Waals surface area contributed by atoms with Gasteiger partial charge in [-0.15, -0.1) is 0 Å². The summed E-state index contributed by atoms with van der Waals surface area (Å²) in [7, 11) is -0.372. The van der Waals surface area contributed by atoms with Gasteiger partial charge in [0.2, 0.25) is 0 Å². The summed E-state index contributed by atoms with van der Waals surface area (Å²) in [6.45, 7) is 3.82. The van der Waals surface area contributed by atoms with Gasteiger partial charge in [0.1, 0.15) is 12.2 Å². The van der Waals surface area contributed by atoms with Gasteiger partial charge >= 0.3 is 0 Å². The summed E-state index contributed by atoms with van der Waals surface area (Å²) in [5, 5.41) is 6.29. The Balaban J connectivity index is 2.77. The summed E-state index contributed by atoms with van der Waals surface area (Å²) in [5.74, 6) is 0.517. The average Bonchev–Trinajstić information content (AvgIpc) is 2.68. The summed E-state index contributed by atoms with van der Waals surface area (Å²) < 4.78 is 26.5. The number of nitrogens with one attached hydrogen (secondary N) is 1. The molecule has 1 N–H and O–H groups in total. The lowest BCUT2D eigenvalue weighted by molar-refractivity contribution is 0.352. The van der Waals surface area contributed by atoms with Gasteiger partial charge in [0.05, 0.1) is 6.54 Å². The van der Waals surface area contributed by atoms with E-state index in [9.17, 15) is 8.42 Å². The molecule has 0 fully saturated rings. The molecule has 92 valence electrons. The van der Waals surface area contributed by atoms with Crippen LogP contribution in [0.2, 0.25) is 0 Å². The van der Waals surface area contributed by atoms with E-state index in [-0.39, 0.29) is 12.6 Å². The molecule has 0 aliphatic heterocycles.